The monoisotopic (exact) mass is 406 g/mol. The number of fused-ring (bicyclic) bond motifs is 4. The Morgan fingerprint density at radius 3 is 2.74 bits per heavy atom. The Bertz CT molecular complexity index is 1690. The van der Waals surface area contributed by atoms with E-state index in [1.165, 1.54) is 0 Å². The number of hydrogen-bond donors (Lipinski definition) is 1. The van der Waals surface area contributed by atoms with Crippen LogP contribution in [0.5, 0.6) is 0 Å². The first kappa shape index (κ1) is 17.6. The Morgan fingerprint density at radius 2 is 1.87 bits per heavy atom. The molecule has 0 saturated heterocycles. The highest BCUT2D eigenvalue weighted by atomic mass is 16.1. The van der Waals surface area contributed by atoms with Gasteiger partial charge in [-0.05, 0) is 48.4 Å². The number of nitrogens with one attached hydrogen (secondary N) is 1. The van der Waals surface area contributed by atoms with E-state index in [1.54, 1.807) is 28.6 Å². The molecule has 6 aromatic rings. The predicted molar refractivity (Wildman–Crippen MR) is 121 cm³/mol. The molecule has 0 bridgehead atoms. The van der Waals surface area contributed by atoms with Gasteiger partial charge in [-0.3, -0.25) is 9.55 Å². The summed E-state index contributed by atoms with van der Waals surface area (Å²) in [5, 5.41) is 1.95. The van der Waals surface area contributed by atoms with Crippen LogP contribution in [0.4, 0.5) is 0 Å². The molecular formula is C24H18N6O. The summed E-state index contributed by atoms with van der Waals surface area (Å²) in [4.78, 5) is 29.9. The van der Waals surface area contributed by atoms with Crippen molar-refractivity contribution in [1.82, 2.24) is 29.1 Å². The number of benzene rings is 1. The van der Waals surface area contributed by atoms with E-state index in [0.717, 1.165) is 49.7 Å². The first-order chi connectivity index (χ1) is 15.1. The number of pyridine rings is 3. The van der Waals surface area contributed by atoms with Crippen molar-refractivity contribution in [2.75, 3.05) is 0 Å². The van der Waals surface area contributed by atoms with Gasteiger partial charge in [0.2, 0.25) is 0 Å². The molecule has 7 nitrogen and oxygen atoms in total. The maximum Gasteiger partial charge on any atom is 0.334 e. The molecule has 0 amide bonds. The molecule has 6 rings (SSSR count). The van der Waals surface area contributed by atoms with Crippen molar-refractivity contribution in [3.63, 3.8) is 0 Å². The van der Waals surface area contributed by atoms with E-state index in [-0.39, 0.29) is 5.69 Å². The van der Waals surface area contributed by atoms with E-state index in [1.807, 2.05) is 49.6 Å². The summed E-state index contributed by atoms with van der Waals surface area (Å²) in [6.07, 6.45) is 7.20. The number of rotatable bonds is 2. The van der Waals surface area contributed by atoms with Crippen LogP contribution in [-0.4, -0.2) is 29.1 Å². The van der Waals surface area contributed by atoms with Crippen LogP contribution in [0, 0.1) is 6.92 Å². The van der Waals surface area contributed by atoms with E-state index in [0.29, 0.717) is 5.82 Å². The topological polar surface area (TPSA) is 81.4 Å². The molecule has 0 aliphatic carbocycles. The minimum Gasteiger partial charge on any atom is -0.346 e. The van der Waals surface area contributed by atoms with Crippen LogP contribution in [0.1, 0.15) is 5.56 Å². The number of aromatic nitrogens is 6. The van der Waals surface area contributed by atoms with Gasteiger partial charge in [-0.15, -0.1) is 0 Å². The molecule has 0 fully saturated rings. The van der Waals surface area contributed by atoms with E-state index >= 15 is 0 Å². The first-order valence-corrected chi connectivity index (χ1v) is 9.97. The van der Waals surface area contributed by atoms with Gasteiger partial charge in [-0.1, -0.05) is 12.1 Å². The van der Waals surface area contributed by atoms with Crippen LogP contribution in [0.15, 0.2) is 72.0 Å². The molecule has 5 aromatic heterocycles. The quantitative estimate of drug-likeness (QED) is 0.469. The second kappa shape index (κ2) is 6.37. The van der Waals surface area contributed by atoms with Gasteiger partial charge in [0.25, 0.3) is 0 Å². The van der Waals surface area contributed by atoms with Crippen LogP contribution in [-0.2, 0) is 7.05 Å². The lowest BCUT2D eigenvalue weighted by atomic mass is 10.0. The maximum atomic E-state index is 13.2. The summed E-state index contributed by atoms with van der Waals surface area (Å²) in [5.41, 5.74) is 6.04. The Morgan fingerprint density at radius 1 is 0.968 bits per heavy atom. The van der Waals surface area contributed by atoms with Gasteiger partial charge in [0, 0.05) is 42.0 Å². The maximum absolute atomic E-state index is 13.2. The minimum atomic E-state index is -0.146. The van der Waals surface area contributed by atoms with Gasteiger partial charge in [-0.25, -0.2) is 19.3 Å². The standard InChI is InChI=1S/C24H18N6O/c1-14-4-3-8-26-23(14)30-21-18-11-15(17-10-16-7-9-25-22(16)28-12-17)5-6-19(18)27-13-20(21)29(2)24(30)31/h3-13H,1-2H3,(H,25,28). The second-order valence-corrected chi connectivity index (χ2v) is 7.68. The van der Waals surface area contributed by atoms with Gasteiger partial charge >= 0.3 is 5.69 Å². The predicted octanol–water partition coefficient (Wildman–Crippen LogP) is 4.12. The van der Waals surface area contributed by atoms with Gasteiger partial charge in [0.05, 0.1) is 22.7 Å². The van der Waals surface area contributed by atoms with Crippen LogP contribution < -0.4 is 5.69 Å². The summed E-state index contributed by atoms with van der Waals surface area (Å²) in [5.74, 6) is 0.631. The van der Waals surface area contributed by atoms with Gasteiger partial charge in [0.1, 0.15) is 11.5 Å². The van der Waals surface area contributed by atoms with Gasteiger partial charge < -0.3 is 4.98 Å². The molecule has 0 saturated carbocycles. The molecule has 31 heavy (non-hydrogen) atoms. The largest absolute Gasteiger partial charge is 0.346 e. The second-order valence-electron chi connectivity index (χ2n) is 7.68. The highest BCUT2D eigenvalue weighted by Crippen LogP contribution is 2.30. The number of hydrogen-bond acceptors (Lipinski definition) is 4. The highest BCUT2D eigenvalue weighted by Gasteiger charge is 2.18. The average Bonchev–Trinajstić information content (AvgIpc) is 3.36. The molecule has 5 heterocycles. The Labute approximate surface area is 176 Å². The molecule has 1 aromatic carbocycles. The molecule has 0 radical (unpaired) electrons. The third kappa shape index (κ3) is 2.53. The number of aryl methyl sites for hydroxylation is 2. The van der Waals surface area contributed by atoms with E-state index in [4.69, 9.17) is 0 Å². The number of H-pyrrole nitrogens is 1. The van der Waals surface area contributed by atoms with Crippen molar-refractivity contribution < 1.29 is 0 Å². The van der Waals surface area contributed by atoms with Crippen molar-refractivity contribution >= 4 is 33.0 Å². The SMILES string of the molecule is Cc1cccnc1-n1c(=O)n(C)c2cnc3ccc(-c4cnc5[nH]ccc5c4)cc3c21. The lowest BCUT2D eigenvalue weighted by molar-refractivity contribution is 0.830. The van der Waals surface area contributed by atoms with Crippen molar-refractivity contribution in [3.8, 4) is 16.9 Å². The van der Waals surface area contributed by atoms with Crippen molar-refractivity contribution in [3.05, 3.63) is 83.3 Å². The van der Waals surface area contributed by atoms with Crippen LogP contribution in [0.3, 0.4) is 0 Å². The third-order valence-corrected chi connectivity index (χ3v) is 5.81. The molecule has 0 atom stereocenters. The molecular weight excluding hydrogens is 388 g/mol. The normalized spacial score (nSPS) is 11.7. The molecule has 150 valence electrons. The molecule has 0 aliphatic rings. The number of aromatic amines is 1. The number of imidazole rings is 1. The lowest BCUT2D eigenvalue weighted by Crippen LogP contribution is -2.22. The summed E-state index contributed by atoms with van der Waals surface area (Å²) in [6, 6.07) is 14.0. The summed E-state index contributed by atoms with van der Waals surface area (Å²) in [7, 11) is 1.76. The molecule has 0 aliphatic heterocycles. The third-order valence-electron chi connectivity index (χ3n) is 5.81. The zero-order valence-corrected chi connectivity index (χ0v) is 17.0. The van der Waals surface area contributed by atoms with Gasteiger partial charge in [0.15, 0.2) is 0 Å². The minimum absolute atomic E-state index is 0.146. The smallest absolute Gasteiger partial charge is 0.334 e. The summed E-state index contributed by atoms with van der Waals surface area (Å²) >= 11 is 0. The Balaban J connectivity index is 1.70. The fraction of sp³-hybridized carbons (Fsp3) is 0.0833. The van der Waals surface area contributed by atoms with E-state index in [9.17, 15) is 4.79 Å². The molecule has 0 spiro atoms. The van der Waals surface area contributed by atoms with Crippen LogP contribution in [0.2, 0.25) is 0 Å². The van der Waals surface area contributed by atoms with Crippen molar-refractivity contribution in [2.24, 2.45) is 7.05 Å². The summed E-state index contributed by atoms with van der Waals surface area (Å²) < 4.78 is 3.31. The van der Waals surface area contributed by atoms with Crippen LogP contribution in [0.25, 0.3) is 49.9 Å². The van der Waals surface area contributed by atoms with Gasteiger partial charge in [-0.2, -0.15) is 0 Å². The van der Waals surface area contributed by atoms with Crippen molar-refractivity contribution in [1.29, 1.82) is 0 Å². The first-order valence-electron chi connectivity index (χ1n) is 9.97. The van der Waals surface area contributed by atoms with Crippen LogP contribution >= 0.6 is 0 Å². The fourth-order valence-corrected chi connectivity index (χ4v) is 4.18. The van der Waals surface area contributed by atoms with E-state index in [2.05, 4.69) is 32.1 Å². The zero-order valence-electron chi connectivity index (χ0n) is 17.0. The number of nitrogens with zero attached hydrogens (tertiary/aromatic N) is 5. The zero-order chi connectivity index (χ0) is 21.1. The Kier molecular flexibility index (Phi) is 3.61. The lowest BCUT2D eigenvalue weighted by Gasteiger charge is -2.09. The molecule has 1 N–H and O–H groups in total. The average molecular weight is 406 g/mol. The highest BCUT2D eigenvalue weighted by molar-refractivity contribution is 6.04. The Hall–Kier alpha value is -4.26. The summed E-state index contributed by atoms with van der Waals surface area (Å²) in [6.45, 7) is 1.96. The molecule has 0 unspecified atom stereocenters. The van der Waals surface area contributed by atoms with Crippen molar-refractivity contribution in [2.45, 2.75) is 6.92 Å². The fourth-order valence-electron chi connectivity index (χ4n) is 4.18. The molecule has 7 heteroatoms. The van der Waals surface area contributed by atoms with E-state index < -0.39 is 0 Å².